The molecule has 1 N–H and O–H groups in total. The molecule has 0 aliphatic carbocycles. The van der Waals surface area contributed by atoms with Gasteiger partial charge in [-0.1, -0.05) is 18.2 Å². The Morgan fingerprint density at radius 2 is 1.88 bits per heavy atom. The van der Waals surface area contributed by atoms with Crippen molar-refractivity contribution in [3.8, 4) is 11.5 Å². The molecule has 0 saturated heterocycles. The predicted octanol–water partition coefficient (Wildman–Crippen LogP) is 4.11. The number of rotatable bonds is 9. The van der Waals surface area contributed by atoms with Crippen molar-refractivity contribution >= 4 is 22.9 Å². The maximum atomic E-state index is 12.8. The molecule has 0 fully saturated rings. The molecule has 6 nitrogen and oxygen atoms in total. The summed E-state index contributed by atoms with van der Waals surface area (Å²) in [6.07, 6.45) is 8.28. The number of aromatic nitrogens is 1. The number of carbonyl (C=O) groups is 1. The van der Waals surface area contributed by atoms with Gasteiger partial charge in [-0.05, 0) is 67.4 Å². The van der Waals surface area contributed by atoms with Crippen LogP contribution in [0.2, 0.25) is 0 Å². The van der Waals surface area contributed by atoms with Crippen LogP contribution in [-0.4, -0.2) is 61.6 Å². The molecule has 2 heterocycles. The number of benzene rings is 2. The Kier molecular flexibility index (Phi) is 6.81. The van der Waals surface area contributed by atoms with Gasteiger partial charge in [-0.25, -0.2) is 0 Å². The number of methoxy groups -OCH3 is 2. The van der Waals surface area contributed by atoms with Crippen LogP contribution in [0.5, 0.6) is 11.5 Å². The van der Waals surface area contributed by atoms with Crippen LogP contribution in [0.15, 0.2) is 48.8 Å². The van der Waals surface area contributed by atoms with Crippen molar-refractivity contribution in [2.75, 3.05) is 40.9 Å². The highest BCUT2D eigenvalue weighted by Gasteiger charge is 2.19. The fourth-order valence-electron chi connectivity index (χ4n) is 4.23. The third-order valence-electron chi connectivity index (χ3n) is 6.12. The minimum atomic E-state index is 0.105. The zero-order chi connectivity index (χ0) is 22.5. The van der Waals surface area contributed by atoms with Crippen LogP contribution < -0.4 is 9.47 Å². The van der Waals surface area contributed by atoms with E-state index in [1.165, 1.54) is 16.5 Å². The number of fused-ring (bicyclic) bond motifs is 2. The van der Waals surface area contributed by atoms with E-state index in [2.05, 4.69) is 47.4 Å². The lowest BCUT2D eigenvalue weighted by molar-refractivity contribution is -0.127. The first-order chi connectivity index (χ1) is 15.6. The van der Waals surface area contributed by atoms with Crippen molar-refractivity contribution < 1.29 is 14.3 Å². The van der Waals surface area contributed by atoms with Gasteiger partial charge in [0.05, 0.1) is 20.6 Å². The second kappa shape index (κ2) is 9.92. The lowest BCUT2D eigenvalue weighted by Gasteiger charge is -2.20. The Morgan fingerprint density at radius 1 is 1.09 bits per heavy atom. The predicted molar refractivity (Wildman–Crippen MR) is 128 cm³/mol. The molecular weight excluding hydrogens is 402 g/mol. The van der Waals surface area contributed by atoms with Crippen LogP contribution in [-0.2, 0) is 17.6 Å². The molecular formula is C26H31N3O3. The van der Waals surface area contributed by atoms with E-state index in [-0.39, 0.29) is 5.91 Å². The second-order valence-electron chi connectivity index (χ2n) is 8.25. The molecule has 2 aromatic carbocycles. The van der Waals surface area contributed by atoms with Crippen molar-refractivity contribution in [1.82, 2.24) is 14.8 Å². The molecule has 0 saturated carbocycles. The Bertz CT molecular complexity index is 1120. The molecule has 0 unspecified atom stereocenters. The van der Waals surface area contributed by atoms with E-state index in [0.717, 1.165) is 37.1 Å². The molecule has 168 valence electrons. The summed E-state index contributed by atoms with van der Waals surface area (Å²) in [7, 11) is 5.38. The lowest BCUT2D eigenvalue weighted by Crippen LogP contribution is -2.30. The molecule has 1 aliphatic heterocycles. The molecule has 32 heavy (non-hydrogen) atoms. The van der Waals surface area contributed by atoms with Crippen molar-refractivity contribution in [3.63, 3.8) is 0 Å². The van der Waals surface area contributed by atoms with Crippen molar-refractivity contribution in [1.29, 1.82) is 0 Å². The number of nitrogens with zero attached hydrogens (tertiary/aromatic N) is 2. The largest absolute Gasteiger partial charge is 0.493 e. The highest BCUT2D eigenvalue weighted by atomic mass is 16.5. The maximum absolute atomic E-state index is 12.8. The van der Waals surface area contributed by atoms with Gasteiger partial charge in [-0.15, -0.1) is 0 Å². The van der Waals surface area contributed by atoms with E-state index in [4.69, 9.17) is 9.47 Å². The normalized spacial score (nSPS) is 13.5. The van der Waals surface area contributed by atoms with E-state index in [0.29, 0.717) is 24.5 Å². The molecule has 3 aromatic rings. The van der Waals surface area contributed by atoms with Crippen LogP contribution in [0, 0.1) is 0 Å². The Balaban J connectivity index is 1.29. The smallest absolute Gasteiger partial charge is 0.230 e. The van der Waals surface area contributed by atoms with E-state index in [9.17, 15) is 4.79 Å². The first kappa shape index (κ1) is 22.0. The van der Waals surface area contributed by atoms with Gasteiger partial charge in [0.25, 0.3) is 0 Å². The summed E-state index contributed by atoms with van der Waals surface area (Å²) in [4.78, 5) is 20.3. The van der Waals surface area contributed by atoms with Gasteiger partial charge < -0.3 is 24.3 Å². The summed E-state index contributed by atoms with van der Waals surface area (Å²) >= 11 is 0. The van der Waals surface area contributed by atoms with E-state index in [1.54, 1.807) is 14.2 Å². The van der Waals surface area contributed by atoms with Gasteiger partial charge in [0, 0.05) is 36.4 Å². The Labute approximate surface area is 189 Å². The van der Waals surface area contributed by atoms with Crippen LogP contribution in [0.4, 0.5) is 0 Å². The van der Waals surface area contributed by atoms with Crippen LogP contribution in [0.3, 0.4) is 0 Å². The van der Waals surface area contributed by atoms with Crippen LogP contribution >= 0.6 is 0 Å². The second-order valence-corrected chi connectivity index (χ2v) is 8.25. The molecule has 1 aromatic heterocycles. The molecule has 4 rings (SSSR count). The molecule has 1 amide bonds. The van der Waals surface area contributed by atoms with Gasteiger partial charge in [0.15, 0.2) is 11.5 Å². The zero-order valence-corrected chi connectivity index (χ0v) is 19.1. The minimum Gasteiger partial charge on any atom is -0.493 e. The molecule has 6 heteroatoms. The monoisotopic (exact) mass is 433 g/mol. The maximum Gasteiger partial charge on any atom is 0.230 e. The first-order valence-corrected chi connectivity index (χ1v) is 11.0. The van der Waals surface area contributed by atoms with Crippen LogP contribution in [0.1, 0.15) is 23.1 Å². The molecule has 0 radical (unpaired) electrons. The summed E-state index contributed by atoms with van der Waals surface area (Å²) in [5, 5.41) is 1.30. The number of para-hydroxylation sites is 1. The number of hydrogen-bond donors (Lipinski definition) is 1. The minimum absolute atomic E-state index is 0.105. The van der Waals surface area contributed by atoms with Gasteiger partial charge in [0.1, 0.15) is 0 Å². The fraction of sp³-hybridized carbons (Fsp3) is 0.346. The third-order valence-corrected chi connectivity index (χ3v) is 6.12. The molecule has 0 spiro atoms. The van der Waals surface area contributed by atoms with E-state index < -0.39 is 0 Å². The number of nitrogens with one attached hydrogen (secondary N) is 1. The lowest BCUT2D eigenvalue weighted by atomic mass is 10.0. The van der Waals surface area contributed by atoms with E-state index in [1.807, 2.05) is 29.3 Å². The summed E-state index contributed by atoms with van der Waals surface area (Å²) in [5.41, 5.74) is 4.49. The summed E-state index contributed by atoms with van der Waals surface area (Å²) in [6, 6.07) is 12.2. The molecule has 0 atom stereocenters. The highest BCUT2D eigenvalue weighted by Crippen LogP contribution is 2.32. The van der Waals surface area contributed by atoms with Gasteiger partial charge in [-0.2, -0.15) is 0 Å². The van der Waals surface area contributed by atoms with Crippen LogP contribution in [0.25, 0.3) is 17.0 Å². The number of aromatic amines is 1. The van der Waals surface area contributed by atoms with Gasteiger partial charge in [-0.3, -0.25) is 4.79 Å². The number of amides is 1. The quantitative estimate of drug-likeness (QED) is 0.552. The zero-order valence-electron chi connectivity index (χ0n) is 19.1. The first-order valence-electron chi connectivity index (χ1n) is 11.0. The highest BCUT2D eigenvalue weighted by molar-refractivity contribution is 5.84. The van der Waals surface area contributed by atoms with Gasteiger partial charge in [0.2, 0.25) is 5.91 Å². The summed E-state index contributed by atoms with van der Waals surface area (Å²) in [5.74, 6) is 1.43. The van der Waals surface area contributed by atoms with Crippen molar-refractivity contribution in [2.24, 2.45) is 0 Å². The SMILES string of the molecule is COc1cc2c(cc1OC)CC(=O)N(CCCN(C)CCc1c[nH]c3ccccc13)C=C2. The number of carbonyl (C=O) groups excluding carboxylic acids is 1. The third kappa shape index (κ3) is 4.81. The summed E-state index contributed by atoms with van der Waals surface area (Å²) < 4.78 is 10.8. The average molecular weight is 434 g/mol. The number of H-pyrrole nitrogens is 1. The average Bonchev–Trinajstić information content (AvgIpc) is 3.16. The van der Waals surface area contributed by atoms with E-state index >= 15 is 0 Å². The van der Waals surface area contributed by atoms with Gasteiger partial charge >= 0.3 is 0 Å². The molecule has 1 aliphatic rings. The Morgan fingerprint density at radius 3 is 2.69 bits per heavy atom. The summed E-state index contributed by atoms with van der Waals surface area (Å²) in [6.45, 7) is 2.63. The van der Waals surface area contributed by atoms with Crippen molar-refractivity contribution in [3.05, 3.63) is 65.5 Å². The van der Waals surface area contributed by atoms with Crippen molar-refractivity contribution in [2.45, 2.75) is 19.3 Å². The number of hydrogen-bond acceptors (Lipinski definition) is 4. The fourth-order valence-corrected chi connectivity index (χ4v) is 4.23. The number of likely N-dealkylation sites (N-methyl/N-ethyl adjacent to an activating group) is 1. The number of ether oxygens (including phenoxy) is 2. The standard InChI is InChI=1S/C26H31N3O3/c1-28(13-9-20-18-27-23-8-5-4-7-22(20)23)11-6-12-29-14-10-19-15-24(31-2)25(32-3)16-21(19)17-26(29)30/h4-5,7-8,10,14-16,18,27H,6,9,11-13,17H2,1-3H3. The topological polar surface area (TPSA) is 57.8 Å². The Hall–Kier alpha value is -3.25. The molecule has 0 bridgehead atoms.